The van der Waals surface area contributed by atoms with Gasteiger partial charge < -0.3 is 9.84 Å². The summed E-state index contributed by atoms with van der Waals surface area (Å²) in [5, 5.41) is 9.02. The van der Waals surface area contributed by atoms with Gasteiger partial charge in [-0.25, -0.2) is 4.79 Å². The van der Waals surface area contributed by atoms with E-state index in [1.165, 1.54) is 0 Å². The highest BCUT2D eigenvalue weighted by Gasteiger charge is 2.19. The van der Waals surface area contributed by atoms with E-state index in [1.807, 2.05) is 54.6 Å². The highest BCUT2D eigenvalue weighted by molar-refractivity contribution is 5.57. The van der Waals surface area contributed by atoms with Gasteiger partial charge >= 0.3 is 6.16 Å². The first-order chi connectivity index (χ1) is 10.2. The molecule has 2 rings (SSSR count). The van der Waals surface area contributed by atoms with E-state index in [-0.39, 0.29) is 0 Å². The SMILES string of the molecule is CCCc1ccccc1C(Cc1ccccc1)OC(=O)O. The third kappa shape index (κ3) is 4.35. The van der Waals surface area contributed by atoms with Crippen LogP contribution in [-0.2, 0) is 17.6 Å². The van der Waals surface area contributed by atoms with E-state index in [0.717, 1.165) is 29.5 Å². The van der Waals surface area contributed by atoms with Crippen molar-refractivity contribution in [2.24, 2.45) is 0 Å². The maximum atomic E-state index is 11.0. The highest BCUT2D eigenvalue weighted by atomic mass is 16.7. The van der Waals surface area contributed by atoms with E-state index in [0.29, 0.717) is 6.42 Å². The predicted octanol–water partition coefficient (Wildman–Crippen LogP) is 4.62. The molecule has 3 heteroatoms. The third-order valence-electron chi connectivity index (χ3n) is 3.43. The molecule has 0 saturated heterocycles. The van der Waals surface area contributed by atoms with Crippen molar-refractivity contribution in [3.8, 4) is 0 Å². The fraction of sp³-hybridized carbons (Fsp3) is 0.278. The van der Waals surface area contributed by atoms with Crippen molar-refractivity contribution in [2.75, 3.05) is 0 Å². The van der Waals surface area contributed by atoms with Crippen LogP contribution in [0.2, 0.25) is 0 Å². The van der Waals surface area contributed by atoms with Gasteiger partial charge in [-0.1, -0.05) is 67.9 Å². The molecule has 0 aliphatic carbocycles. The first-order valence-corrected chi connectivity index (χ1v) is 7.22. The van der Waals surface area contributed by atoms with E-state index in [2.05, 4.69) is 6.92 Å². The van der Waals surface area contributed by atoms with Crippen molar-refractivity contribution in [3.05, 3.63) is 71.3 Å². The summed E-state index contributed by atoms with van der Waals surface area (Å²) in [5.74, 6) is 0. The Morgan fingerprint density at radius 1 is 1.10 bits per heavy atom. The number of hydrogen-bond donors (Lipinski definition) is 1. The summed E-state index contributed by atoms with van der Waals surface area (Å²) in [7, 11) is 0. The molecule has 0 radical (unpaired) electrons. The van der Waals surface area contributed by atoms with Crippen molar-refractivity contribution in [2.45, 2.75) is 32.3 Å². The van der Waals surface area contributed by atoms with Gasteiger partial charge in [0.2, 0.25) is 0 Å². The van der Waals surface area contributed by atoms with Crippen LogP contribution in [0.1, 0.15) is 36.1 Å². The second-order valence-corrected chi connectivity index (χ2v) is 5.01. The van der Waals surface area contributed by atoms with Crippen LogP contribution >= 0.6 is 0 Å². The van der Waals surface area contributed by atoms with Crippen molar-refractivity contribution in [1.82, 2.24) is 0 Å². The van der Waals surface area contributed by atoms with Gasteiger partial charge in [0.05, 0.1) is 0 Å². The van der Waals surface area contributed by atoms with Crippen molar-refractivity contribution < 1.29 is 14.6 Å². The largest absolute Gasteiger partial charge is 0.506 e. The van der Waals surface area contributed by atoms with E-state index in [1.54, 1.807) is 0 Å². The highest BCUT2D eigenvalue weighted by Crippen LogP contribution is 2.26. The Labute approximate surface area is 125 Å². The van der Waals surface area contributed by atoms with E-state index in [4.69, 9.17) is 9.84 Å². The molecule has 0 aromatic heterocycles. The topological polar surface area (TPSA) is 46.5 Å². The normalized spacial score (nSPS) is 11.9. The molecule has 0 spiro atoms. The molecule has 0 fully saturated rings. The molecule has 1 N–H and O–H groups in total. The summed E-state index contributed by atoms with van der Waals surface area (Å²) in [5.41, 5.74) is 3.18. The zero-order valence-corrected chi connectivity index (χ0v) is 12.2. The molecule has 2 aromatic rings. The summed E-state index contributed by atoms with van der Waals surface area (Å²) in [6, 6.07) is 17.7. The fourth-order valence-electron chi connectivity index (χ4n) is 2.51. The number of hydrogen-bond acceptors (Lipinski definition) is 2. The standard InChI is InChI=1S/C18H20O3/c1-2-8-15-11-6-7-12-16(15)17(21-18(19)20)13-14-9-4-3-5-10-14/h3-7,9-12,17H,2,8,13H2,1H3,(H,19,20). The Morgan fingerprint density at radius 3 is 2.43 bits per heavy atom. The summed E-state index contributed by atoms with van der Waals surface area (Å²) < 4.78 is 5.14. The molecule has 0 aliphatic heterocycles. The number of benzene rings is 2. The Morgan fingerprint density at radius 2 is 1.76 bits per heavy atom. The average molecular weight is 284 g/mol. The Bertz CT molecular complexity index is 578. The number of aryl methyl sites for hydroxylation is 1. The van der Waals surface area contributed by atoms with E-state index < -0.39 is 12.3 Å². The van der Waals surface area contributed by atoms with E-state index >= 15 is 0 Å². The molecule has 1 unspecified atom stereocenters. The zero-order valence-electron chi connectivity index (χ0n) is 12.2. The van der Waals surface area contributed by atoms with E-state index in [9.17, 15) is 4.79 Å². The van der Waals surface area contributed by atoms with Gasteiger partial charge in [-0.05, 0) is 23.1 Å². The molecule has 21 heavy (non-hydrogen) atoms. The molecule has 1 atom stereocenters. The number of rotatable bonds is 6. The first-order valence-electron chi connectivity index (χ1n) is 7.22. The van der Waals surface area contributed by atoms with Gasteiger partial charge in [-0.2, -0.15) is 0 Å². The lowest BCUT2D eigenvalue weighted by Gasteiger charge is -2.19. The minimum Gasteiger partial charge on any atom is -0.450 e. The second kappa shape index (κ2) is 7.48. The number of carboxylic acid groups (broad SMARTS) is 1. The molecule has 0 saturated carbocycles. The van der Waals surface area contributed by atoms with Crippen LogP contribution in [0, 0.1) is 0 Å². The lowest BCUT2D eigenvalue weighted by atomic mass is 9.95. The Balaban J connectivity index is 2.29. The van der Waals surface area contributed by atoms with Crippen molar-refractivity contribution in [1.29, 1.82) is 0 Å². The predicted molar refractivity (Wildman–Crippen MR) is 82.4 cm³/mol. The van der Waals surface area contributed by atoms with Crippen LogP contribution in [0.5, 0.6) is 0 Å². The Kier molecular flexibility index (Phi) is 5.38. The summed E-state index contributed by atoms with van der Waals surface area (Å²) in [6.07, 6.45) is 0.787. The van der Waals surface area contributed by atoms with Crippen LogP contribution in [0.25, 0.3) is 0 Å². The zero-order chi connectivity index (χ0) is 15.1. The average Bonchev–Trinajstić information content (AvgIpc) is 2.48. The van der Waals surface area contributed by atoms with Crippen LogP contribution in [0.3, 0.4) is 0 Å². The summed E-state index contributed by atoms with van der Waals surface area (Å²) >= 11 is 0. The summed E-state index contributed by atoms with van der Waals surface area (Å²) in [6.45, 7) is 2.11. The molecular formula is C18H20O3. The van der Waals surface area contributed by atoms with Gasteiger partial charge in [0, 0.05) is 6.42 Å². The van der Waals surface area contributed by atoms with Crippen LogP contribution in [0.4, 0.5) is 4.79 Å². The third-order valence-corrected chi connectivity index (χ3v) is 3.43. The van der Waals surface area contributed by atoms with Gasteiger partial charge in [0.15, 0.2) is 0 Å². The Hall–Kier alpha value is -2.29. The van der Waals surface area contributed by atoms with Crippen LogP contribution in [0.15, 0.2) is 54.6 Å². The smallest absolute Gasteiger partial charge is 0.450 e. The monoisotopic (exact) mass is 284 g/mol. The second-order valence-electron chi connectivity index (χ2n) is 5.01. The van der Waals surface area contributed by atoms with Crippen LogP contribution in [-0.4, -0.2) is 11.3 Å². The molecular weight excluding hydrogens is 264 g/mol. The molecule has 0 aliphatic rings. The van der Waals surface area contributed by atoms with Crippen molar-refractivity contribution in [3.63, 3.8) is 0 Å². The maximum Gasteiger partial charge on any atom is 0.506 e. The quantitative estimate of drug-likeness (QED) is 0.787. The first kappa shape index (κ1) is 15.1. The fourth-order valence-corrected chi connectivity index (χ4v) is 2.51. The number of carbonyl (C=O) groups is 1. The van der Waals surface area contributed by atoms with Gasteiger partial charge in [0.25, 0.3) is 0 Å². The minimum atomic E-state index is -1.23. The van der Waals surface area contributed by atoms with Gasteiger partial charge in [0.1, 0.15) is 6.10 Å². The molecule has 0 bridgehead atoms. The maximum absolute atomic E-state index is 11.0. The molecule has 0 heterocycles. The lowest BCUT2D eigenvalue weighted by molar-refractivity contribution is 0.0510. The van der Waals surface area contributed by atoms with Crippen molar-refractivity contribution >= 4 is 6.16 Å². The van der Waals surface area contributed by atoms with Gasteiger partial charge in [-0.3, -0.25) is 0 Å². The van der Waals surface area contributed by atoms with Crippen LogP contribution < -0.4 is 0 Å². The minimum absolute atomic E-state index is 0.465. The van der Waals surface area contributed by atoms with Gasteiger partial charge in [-0.15, -0.1) is 0 Å². The molecule has 0 amide bonds. The molecule has 2 aromatic carbocycles. The molecule has 110 valence electrons. The lowest BCUT2D eigenvalue weighted by Crippen LogP contribution is -2.14. The summed E-state index contributed by atoms with van der Waals surface area (Å²) in [4.78, 5) is 11.0. The number of ether oxygens (including phenoxy) is 1. The molecule has 3 nitrogen and oxygen atoms in total.